The summed E-state index contributed by atoms with van der Waals surface area (Å²) in [6, 6.07) is 0.157. The largest absolute Gasteiger partial charge is 0.395 e. The molecule has 2 N–H and O–H groups in total. The molecule has 0 aliphatic rings. The van der Waals surface area contributed by atoms with Crippen LogP contribution in [0.5, 0.6) is 0 Å². The highest BCUT2D eigenvalue weighted by Crippen LogP contribution is 2.00. The van der Waals surface area contributed by atoms with Crippen LogP contribution in [-0.2, 0) is 0 Å². The minimum atomic E-state index is -0.309. The predicted octanol–water partition coefficient (Wildman–Crippen LogP) is 1.00. The minimum absolute atomic E-state index is 0.00941. The fourth-order valence-electron chi connectivity index (χ4n) is 1.03. The van der Waals surface area contributed by atoms with Gasteiger partial charge in [0.15, 0.2) is 0 Å². The summed E-state index contributed by atoms with van der Waals surface area (Å²) < 4.78 is 12.0. The number of rotatable bonds is 7. The van der Waals surface area contributed by atoms with Gasteiger partial charge in [-0.25, -0.2) is 0 Å². The van der Waals surface area contributed by atoms with Crippen LogP contribution in [0, 0.1) is 0 Å². The van der Waals surface area contributed by atoms with E-state index in [4.69, 9.17) is 5.11 Å². The third kappa shape index (κ3) is 4.95. The van der Waals surface area contributed by atoms with Crippen molar-refractivity contribution in [3.8, 4) is 0 Å². The number of aliphatic hydroxyl groups is 1. The van der Waals surface area contributed by atoms with Crippen LogP contribution in [0.3, 0.4) is 0 Å². The van der Waals surface area contributed by atoms with E-state index in [1.165, 1.54) is 0 Å². The minimum Gasteiger partial charge on any atom is -0.395 e. The first-order valence-electron chi connectivity index (χ1n) is 4.32. The fraction of sp³-hybridized carbons (Fsp3) is 1.00. The quantitative estimate of drug-likeness (QED) is 0.530. The molecule has 0 aliphatic heterocycles. The van der Waals surface area contributed by atoms with Crippen molar-refractivity contribution >= 4 is 12.6 Å². The molecule has 0 aromatic rings. The zero-order valence-electron chi connectivity index (χ0n) is 7.46. The van der Waals surface area contributed by atoms with E-state index in [2.05, 4.69) is 17.9 Å². The number of hydrogen-bond donors (Lipinski definition) is 3. The first-order chi connectivity index (χ1) is 5.78. The molecule has 0 fully saturated rings. The van der Waals surface area contributed by atoms with Crippen molar-refractivity contribution in [2.24, 2.45) is 0 Å². The van der Waals surface area contributed by atoms with Crippen molar-refractivity contribution in [2.75, 3.05) is 19.0 Å². The summed E-state index contributed by atoms with van der Waals surface area (Å²) in [5.74, 6) is 0.583. The van der Waals surface area contributed by atoms with Crippen molar-refractivity contribution in [3.63, 3.8) is 0 Å². The predicted molar refractivity (Wildman–Crippen MR) is 52.5 cm³/mol. The molecule has 0 radical (unpaired) electrons. The third-order valence-electron chi connectivity index (χ3n) is 1.86. The highest BCUT2D eigenvalue weighted by atomic mass is 32.1. The van der Waals surface area contributed by atoms with Gasteiger partial charge in [-0.2, -0.15) is 12.6 Å². The molecular weight excluding hydrogens is 177 g/mol. The number of hydrogen-bond acceptors (Lipinski definition) is 3. The Morgan fingerprint density at radius 3 is 2.50 bits per heavy atom. The Bertz CT molecular complexity index is 101. The normalized spacial score (nSPS) is 16.0. The molecule has 0 bridgehead atoms. The second-order valence-corrected chi connectivity index (χ2v) is 3.18. The molecule has 2 unspecified atom stereocenters. The molecule has 0 aromatic carbocycles. The molecule has 0 aliphatic carbocycles. The lowest BCUT2D eigenvalue weighted by atomic mass is 10.1. The van der Waals surface area contributed by atoms with E-state index in [-0.39, 0.29) is 25.4 Å². The van der Waals surface area contributed by atoms with Gasteiger partial charge in [-0.15, -0.1) is 0 Å². The highest BCUT2D eigenvalue weighted by molar-refractivity contribution is 7.80. The number of aliphatic hydroxyl groups excluding tert-OH is 1. The first-order valence-corrected chi connectivity index (χ1v) is 4.95. The Labute approximate surface area is 79.0 Å². The molecule has 2 atom stereocenters. The molecule has 0 spiro atoms. The maximum absolute atomic E-state index is 12.0. The molecule has 12 heavy (non-hydrogen) atoms. The van der Waals surface area contributed by atoms with Crippen molar-refractivity contribution in [3.05, 3.63) is 0 Å². The van der Waals surface area contributed by atoms with Gasteiger partial charge in [-0.1, -0.05) is 6.92 Å². The van der Waals surface area contributed by atoms with Gasteiger partial charge in [0.1, 0.15) is 0 Å². The summed E-state index contributed by atoms with van der Waals surface area (Å²) in [6.07, 6.45) is 1.40. The summed E-state index contributed by atoms with van der Waals surface area (Å²) in [4.78, 5) is 0. The molecule has 74 valence electrons. The van der Waals surface area contributed by atoms with Gasteiger partial charge in [0.2, 0.25) is 0 Å². The van der Waals surface area contributed by atoms with E-state index in [1.807, 2.05) is 6.92 Å². The van der Waals surface area contributed by atoms with Crippen LogP contribution < -0.4 is 5.32 Å². The molecular formula is C8H18FNOS. The maximum atomic E-state index is 12.0. The smallest absolute Gasteiger partial charge is 0.0909 e. The third-order valence-corrected chi connectivity index (χ3v) is 2.30. The van der Waals surface area contributed by atoms with Gasteiger partial charge < -0.3 is 10.4 Å². The van der Waals surface area contributed by atoms with Crippen molar-refractivity contribution in [2.45, 2.75) is 31.8 Å². The summed E-state index contributed by atoms with van der Waals surface area (Å²) >= 11 is 4.06. The lowest BCUT2D eigenvalue weighted by Crippen LogP contribution is -2.41. The van der Waals surface area contributed by atoms with Gasteiger partial charge in [0.05, 0.1) is 13.3 Å². The van der Waals surface area contributed by atoms with Crippen molar-refractivity contribution < 1.29 is 9.50 Å². The monoisotopic (exact) mass is 195 g/mol. The van der Waals surface area contributed by atoms with Gasteiger partial charge in [0, 0.05) is 17.8 Å². The van der Waals surface area contributed by atoms with Crippen LogP contribution in [0.4, 0.5) is 4.39 Å². The molecule has 0 rings (SSSR count). The molecule has 0 saturated carbocycles. The summed E-state index contributed by atoms with van der Waals surface area (Å²) in [6.45, 7) is 1.75. The summed E-state index contributed by atoms with van der Waals surface area (Å²) in [5.41, 5.74) is 0. The van der Waals surface area contributed by atoms with Crippen molar-refractivity contribution in [1.82, 2.24) is 5.32 Å². The number of thiol groups is 1. The summed E-state index contributed by atoms with van der Waals surface area (Å²) in [5, 5.41) is 12.0. The van der Waals surface area contributed by atoms with Gasteiger partial charge >= 0.3 is 0 Å². The Balaban J connectivity index is 3.65. The molecule has 0 aromatic heterocycles. The van der Waals surface area contributed by atoms with Crippen LogP contribution in [0.2, 0.25) is 0 Å². The number of alkyl halides is 1. The SMILES string of the molecule is CCC(CCF)NC(CO)CS. The van der Waals surface area contributed by atoms with Crippen LogP contribution in [0.1, 0.15) is 19.8 Å². The van der Waals surface area contributed by atoms with E-state index >= 15 is 0 Å². The van der Waals surface area contributed by atoms with E-state index in [0.29, 0.717) is 12.2 Å². The maximum Gasteiger partial charge on any atom is 0.0909 e. The first kappa shape index (κ1) is 12.2. The van der Waals surface area contributed by atoms with Crippen molar-refractivity contribution in [1.29, 1.82) is 0 Å². The summed E-state index contributed by atoms with van der Waals surface area (Å²) in [7, 11) is 0. The van der Waals surface area contributed by atoms with Gasteiger partial charge in [-0.3, -0.25) is 4.39 Å². The van der Waals surface area contributed by atoms with E-state index < -0.39 is 0 Å². The topological polar surface area (TPSA) is 32.3 Å². The molecule has 2 nitrogen and oxygen atoms in total. The Morgan fingerprint density at radius 2 is 2.17 bits per heavy atom. The molecule has 4 heteroatoms. The van der Waals surface area contributed by atoms with E-state index in [1.54, 1.807) is 0 Å². The van der Waals surface area contributed by atoms with Crippen LogP contribution in [0.25, 0.3) is 0 Å². The van der Waals surface area contributed by atoms with E-state index in [9.17, 15) is 4.39 Å². The zero-order chi connectivity index (χ0) is 9.40. The fourth-order valence-corrected chi connectivity index (χ4v) is 1.25. The van der Waals surface area contributed by atoms with Crippen LogP contribution >= 0.6 is 12.6 Å². The van der Waals surface area contributed by atoms with E-state index in [0.717, 1.165) is 6.42 Å². The van der Waals surface area contributed by atoms with Gasteiger partial charge in [0.25, 0.3) is 0 Å². The Hall–Kier alpha value is 0.200. The van der Waals surface area contributed by atoms with Gasteiger partial charge in [-0.05, 0) is 12.8 Å². The molecule has 0 saturated heterocycles. The average Bonchev–Trinajstić information content (AvgIpc) is 2.12. The lowest BCUT2D eigenvalue weighted by molar-refractivity contribution is 0.236. The molecule has 0 amide bonds. The zero-order valence-corrected chi connectivity index (χ0v) is 8.36. The second kappa shape index (κ2) is 7.83. The number of nitrogens with one attached hydrogen (secondary N) is 1. The van der Waals surface area contributed by atoms with Crippen LogP contribution in [0.15, 0.2) is 0 Å². The number of halogens is 1. The average molecular weight is 195 g/mol. The van der Waals surface area contributed by atoms with Crippen LogP contribution in [-0.4, -0.2) is 36.2 Å². The molecule has 0 heterocycles. The Kier molecular flexibility index (Phi) is 7.96. The highest BCUT2D eigenvalue weighted by Gasteiger charge is 2.11. The Morgan fingerprint density at radius 1 is 1.50 bits per heavy atom. The standard InChI is InChI=1S/C8H18FNOS/c1-2-7(3-4-9)10-8(5-11)6-12/h7-8,10-12H,2-6H2,1H3. The lowest BCUT2D eigenvalue weighted by Gasteiger charge is -2.21. The second-order valence-electron chi connectivity index (χ2n) is 2.81.